The second kappa shape index (κ2) is 5.05. The molecule has 2 aromatic heterocycles. The fraction of sp³-hybridized carbons (Fsp3) is 0.267. The van der Waals surface area contributed by atoms with Crippen LogP contribution >= 0.6 is 11.3 Å². The third kappa shape index (κ3) is 2.49. The number of ether oxygens (including phenoxy) is 1. The third-order valence-electron chi connectivity index (χ3n) is 3.03. The summed E-state index contributed by atoms with van der Waals surface area (Å²) in [6.45, 7) is 5.56. The first-order valence-electron chi connectivity index (χ1n) is 6.39. The van der Waals surface area contributed by atoms with Crippen LogP contribution in [0.4, 0.5) is 0 Å². The van der Waals surface area contributed by atoms with E-state index < -0.39 is 0 Å². The predicted molar refractivity (Wildman–Crippen MR) is 79.1 cm³/mol. The zero-order chi connectivity index (χ0) is 13.2. The number of aromatic nitrogens is 2. The first-order valence-corrected chi connectivity index (χ1v) is 7.27. The fourth-order valence-corrected chi connectivity index (χ4v) is 2.96. The van der Waals surface area contributed by atoms with E-state index in [2.05, 4.69) is 39.3 Å². The third-order valence-corrected chi connectivity index (χ3v) is 3.98. The smallest absolute Gasteiger partial charge is 0.120 e. The monoisotopic (exact) mass is 272 g/mol. The van der Waals surface area contributed by atoms with Gasteiger partial charge in [0, 0.05) is 28.2 Å². The van der Waals surface area contributed by atoms with Crippen LogP contribution < -0.4 is 4.74 Å². The lowest BCUT2D eigenvalue weighted by Gasteiger charge is -2.05. The van der Waals surface area contributed by atoms with Crippen molar-refractivity contribution in [3.05, 3.63) is 46.5 Å². The van der Waals surface area contributed by atoms with Gasteiger partial charge in [-0.1, -0.05) is 0 Å². The average Bonchev–Trinajstić information content (AvgIpc) is 2.97. The van der Waals surface area contributed by atoms with Crippen LogP contribution in [0.5, 0.6) is 5.75 Å². The molecule has 0 aliphatic heterocycles. The Kier molecular flexibility index (Phi) is 3.25. The highest BCUT2D eigenvalue weighted by atomic mass is 32.1. The molecule has 0 spiro atoms. The molecule has 0 atom stereocenters. The molecule has 0 aliphatic carbocycles. The van der Waals surface area contributed by atoms with Crippen LogP contribution in [0.3, 0.4) is 0 Å². The van der Waals surface area contributed by atoms with Crippen LogP contribution in [0.25, 0.3) is 10.9 Å². The van der Waals surface area contributed by atoms with Crippen LogP contribution in [0.15, 0.2) is 35.8 Å². The number of hydrogen-bond donors (Lipinski definition) is 0. The van der Waals surface area contributed by atoms with E-state index in [0.29, 0.717) is 6.61 Å². The van der Waals surface area contributed by atoms with E-state index in [9.17, 15) is 0 Å². The number of hydrogen-bond acceptors (Lipinski definition) is 3. The molecular weight excluding hydrogens is 256 g/mol. The second-order valence-electron chi connectivity index (χ2n) is 4.48. The Morgan fingerprint density at radius 2 is 2.21 bits per heavy atom. The maximum absolute atomic E-state index is 5.53. The van der Waals surface area contributed by atoms with Crippen molar-refractivity contribution in [3.63, 3.8) is 0 Å². The van der Waals surface area contributed by atoms with Crippen LogP contribution in [0.2, 0.25) is 0 Å². The molecule has 0 fully saturated rings. The van der Waals surface area contributed by atoms with Crippen molar-refractivity contribution in [2.45, 2.75) is 20.4 Å². The van der Waals surface area contributed by atoms with Gasteiger partial charge in [0.1, 0.15) is 10.8 Å². The Bertz CT molecular complexity index is 699. The zero-order valence-corrected chi connectivity index (χ0v) is 11.9. The summed E-state index contributed by atoms with van der Waals surface area (Å²) in [5, 5.41) is 4.44. The van der Waals surface area contributed by atoms with Gasteiger partial charge >= 0.3 is 0 Å². The Morgan fingerprint density at radius 3 is 2.95 bits per heavy atom. The predicted octanol–water partition coefficient (Wildman–Crippen LogP) is 3.85. The maximum atomic E-state index is 5.53. The summed E-state index contributed by atoms with van der Waals surface area (Å²) in [7, 11) is 0. The molecule has 19 heavy (non-hydrogen) atoms. The average molecular weight is 272 g/mol. The molecule has 3 nitrogen and oxygen atoms in total. The molecule has 0 unspecified atom stereocenters. The molecule has 0 amide bonds. The minimum Gasteiger partial charge on any atom is -0.494 e. The lowest BCUT2D eigenvalue weighted by molar-refractivity contribution is 0.340. The molecular formula is C15H16N2OS. The van der Waals surface area contributed by atoms with Gasteiger partial charge in [0.15, 0.2) is 0 Å². The van der Waals surface area contributed by atoms with Crippen molar-refractivity contribution >= 4 is 22.2 Å². The minimum atomic E-state index is 0.699. The van der Waals surface area contributed by atoms with E-state index in [1.54, 1.807) is 11.3 Å². The number of benzene rings is 1. The van der Waals surface area contributed by atoms with E-state index in [-0.39, 0.29) is 0 Å². The number of aryl methyl sites for hydroxylation is 1. The molecule has 0 saturated heterocycles. The summed E-state index contributed by atoms with van der Waals surface area (Å²) in [5.74, 6) is 0.929. The van der Waals surface area contributed by atoms with Crippen molar-refractivity contribution in [2.75, 3.05) is 6.61 Å². The van der Waals surface area contributed by atoms with Crippen LogP contribution in [-0.2, 0) is 6.54 Å². The van der Waals surface area contributed by atoms with Crippen LogP contribution in [0.1, 0.15) is 17.6 Å². The Labute approximate surface area is 116 Å². The highest BCUT2D eigenvalue weighted by Crippen LogP contribution is 2.23. The van der Waals surface area contributed by atoms with E-state index in [4.69, 9.17) is 4.74 Å². The lowest BCUT2D eigenvalue weighted by Crippen LogP contribution is -1.97. The summed E-state index contributed by atoms with van der Waals surface area (Å²) in [6.07, 6.45) is 2.11. The van der Waals surface area contributed by atoms with Gasteiger partial charge in [-0.25, -0.2) is 4.98 Å². The standard InChI is InChI=1S/C15H16N2OS/c1-3-18-13-4-5-14-12(8-13)6-7-17(14)9-15-16-11(2)10-19-15/h4-8,10H,3,9H2,1-2H3. The SMILES string of the molecule is CCOc1ccc2c(ccn2Cc2nc(C)cs2)c1. The van der Waals surface area contributed by atoms with Crippen molar-refractivity contribution in [2.24, 2.45) is 0 Å². The number of nitrogens with zero attached hydrogens (tertiary/aromatic N) is 2. The summed E-state index contributed by atoms with van der Waals surface area (Å²) >= 11 is 1.71. The molecule has 4 heteroatoms. The van der Waals surface area contributed by atoms with Gasteiger partial charge in [-0.2, -0.15) is 0 Å². The van der Waals surface area contributed by atoms with E-state index in [0.717, 1.165) is 23.0 Å². The van der Waals surface area contributed by atoms with Gasteiger partial charge in [0.25, 0.3) is 0 Å². The molecule has 3 aromatic rings. The first-order chi connectivity index (χ1) is 9.26. The highest BCUT2D eigenvalue weighted by Gasteiger charge is 2.05. The summed E-state index contributed by atoms with van der Waals surface area (Å²) < 4.78 is 7.75. The first kappa shape index (κ1) is 12.2. The van der Waals surface area contributed by atoms with Crippen LogP contribution in [0, 0.1) is 6.92 Å². The number of fused-ring (bicyclic) bond motifs is 1. The number of thiazole rings is 1. The van der Waals surface area contributed by atoms with Crippen molar-refractivity contribution in [3.8, 4) is 5.75 Å². The summed E-state index contributed by atoms with van der Waals surface area (Å²) in [6, 6.07) is 8.34. The summed E-state index contributed by atoms with van der Waals surface area (Å²) in [4.78, 5) is 4.51. The molecule has 98 valence electrons. The Morgan fingerprint density at radius 1 is 1.32 bits per heavy atom. The Hall–Kier alpha value is -1.81. The molecule has 0 N–H and O–H groups in total. The topological polar surface area (TPSA) is 27.1 Å². The summed E-state index contributed by atoms with van der Waals surface area (Å²) in [5.41, 5.74) is 2.31. The van der Waals surface area contributed by atoms with E-state index in [1.165, 1.54) is 10.9 Å². The number of rotatable bonds is 4. The lowest BCUT2D eigenvalue weighted by atomic mass is 10.2. The molecule has 0 aliphatic rings. The fourth-order valence-electron chi connectivity index (χ4n) is 2.19. The van der Waals surface area contributed by atoms with Crippen molar-refractivity contribution in [1.82, 2.24) is 9.55 Å². The molecule has 0 saturated carbocycles. The minimum absolute atomic E-state index is 0.699. The quantitative estimate of drug-likeness (QED) is 0.721. The Balaban J connectivity index is 1.92. The normalized spacial score (nSPS) is 11.1. The van der Waals surface area contributed by atoms with E-state index in [1.807, 2.05) is 19.9 Å². The van der Waals surface area contributed by atoms with Crippen molar-refractivity contribution < 1.29 is 4.74 Å². The van der Waals surface area contributed by atoms with Gasteiger partial charge in [0.05, 0.1) is 13.2 Å². The van der Waals surface area contributed by atoms with Crippen LogP contribution in [-0.4, -0.2) is 16.2 Å². The van der Waals surface area contributed by atoms with Gasteiger partial charge in [0.2, 0.25) is 0 Å². The molecule has 0 bridgehead atoms. The molecule has 0 radical (unpaired) electrons. The van der Waals surface area contributed by atoms with Gasteiger partial charge in [-0.3, -0.25) is 0 Å². The zero-order valence-electron chi connectivity index (χ0n) is 11.1. The van der Waals surface area contributed by atoms with Crippen molar-refractivity contribution in [1.29, 1.82) is 0 Å². The highest BCUT2D eigenvalue weighted by molar-refractivity contribution is 7.09. The molecule has 3 rings (SSSR count). The molecule has 1 aromatic carbocycles. The van der Waals surface area contributed by atoms with Gasteiger partial charge in [-0.05, 0) is 38.1 Å². The van der Waals surface area contributed by atoms with E-state index >= 15 is 0 Å². The maximum Gasteiger partial charge on any atom is 0.120 e. The largest absolute Gasteiger partial charge is 0.494 e. The van der Waals surface area contributed by atoms with Gasteiger partial charge in [-0.15, -0.1) is 11.3 Å². The second-order valence-corrected chi connectivity index (χ2v) is 5.42. The molecule has 2 heterocycles. The van der Waals surface area contributed by atoms with Gasteiger partial charge < -0.3 is 9.30 Å².